The minimum atomic E-state index is 0.0296. The van der Waals surface area contributed by atoms with Crippen LogP contribution in [0.25, 0.3) is 0 Å². The molecule has 2 aromatic heterocycles. The summed E-state index contributed by atoms with van der Waals surface area (Å²) in [4.78, 5) is 24.4. The molecule has 3 heterocycles. The molecule has 0 spiro atoms. The molecule has 0 aromatic carbocycles. The monoisotopic (exact) mass is 330 g/mol. The van der Waals surface area contributed by atoms with Gasteiger partial charge in [0.2, 0.25) is 5.95 Å². The van der Waals surface area contributed by atoms with Gasteiger partial charge in [0, 0.05) is 30.8 Å². The fraction of sp³-hybridized carbons (Fsp3) is 0.471. The Hall–Kier alpha value is -1.95. The second-order valence-electron chi connectivity index (χ2n) is 6.01. The molecular formula is C17H22N4OS. The van der Waals surface area contributed by atoms with Gasteiger partial charge in [-0.3, -0.25) is 4.79 Å². The van der Waals surface area contributed by atoms with E-state index in [1.807, 2.05) is 18.4 Å². The summed E-state index contributed by atoms with van der Waals surface area (Å²) in [6.45, 7) is 5.71. The number of aromatic nitrogens is 2. The lowest BCUT2D eigenvalue weighted by molar-refractivity contribution is 0.0910. The van der Waals surface area contributed by atoms with Crippen LogP contribution < -0.4 is 10.6 Å². The highest BCUT2D eigenvalue weighted by atomic mass is 32.1. The van der Waals surface area contributed by atoms with Crippen molar-refractivity contribution >= 4 is 28.9 Å². The molecule has 1 aliphatic rings. The van der Waals surface area contributed by atoms with Gasteiger partial charge < -0.3 is 10.6 Å². The van der Waals surface area contributed by atoms with Crippen LogP contribution in [0, 0.1) is 12.8 Å². The molecule has 0 radical (unpaired) electrons. The summed E-state index contributed by atoms with van der Waals surface area (Å²) >= 11 is 1.54. The third kappa shape index (κ3) is 3.22. The Bertz CT molecular complexity index is 712. The zero-order valence-electron chi connectivity index (χ0n) is 13.6. The van der Waals surface area contributed by atoms with E-state index in [2.05, 4.69) is 21.8 Å². The number of nitrogen functional groups attached to an aromatic ring is 1. The van der Waals surface area contributed by atoms with Crippen molar-refractivity contribution in [1.29, 1.82) is 0 Å². The number of ketones is 1. The maximum Gasteiger partial charge on any atom is 0.221 e. The molecule has 0 aliphatic carbocycles. The number of Topliss-reactive ketones (excluding diaryl/α,β-unsaturated/α-hetero) is 1. The molecule has 1 saturated heterocycles. The standard InChI is InChI=1S/C17H22N4OS/c1-3-12-9-19-17(18)20-16(12)21-7-4-5-13(10-21)14(22)15-11(2)6-8-23-15/h6,8-9,13H,3-5,7,10H2,1-2H3,(H2,18,19,20)/t13-/m1/s1. The van der Waals surface area contributed by atoms with Crippen LogP contribution in [0.15, 0.2) is 17.6 Å². The van der Waals surface area contributed by atoms with Crippen molar-refractivity contribution < 1.29 is 4.79 Å². The van der Waals surface area contributed by atoms with E-state index in [9.17, 15) is 4.79 Å². The Morgan fingerprint density at radius 2 is 2.35 bits per heavy atom. The quantitative estimate of drug-likeness (QED) is 0.872. The number of aryl methyl sites for hydroxylation is 2. The SMILES string of the molecule is CCc1cnc(N)nc1N1CCC[C@@H](C(=O)c2sccc2C)C1. The largest absolute Gasteiger partial charge is 0.368 e. The second kappa shape index (κ2) is 6.66. The summed E-state index contributed by atoms with van der Waals surface area (Å²) in [5.41, 5.74) is 7.93. The van der Waals surface area contributed by atoms with Crippen LogP contribution in [-0.4, -0.2) is 28.8 Å². The molecule has 5 nitrogen and oxygen atoms in total. The normalized spacial score (nSPS) is 18.2. The molecule has 2 aromatic rings. The summed E-state index contributed by atoms with van der Waals surface area (Å²) in [5, 5.41) is 1.99. The third-order valence-corrected chi connectivity index (χ3v) is 5.45. The van der Waals surface area contributed by atoms with Crippen molar-refractivity contribution in [3.8, 4) is 0 Å². The number of anilines is 2. The minimum Gasteiger partial charge on any atom is -0.368 e. The predicted molar refractivity (Wildman–Crippen MR) is 94.1 cm³/mol. The van der Waals surface area contributed by atoms with Gasteiger partial charge in [0.15, 0.2) is 5.78 Å². The summed E-state index contributed by atoms with van der Waals surface area (Å²) < 4.78 is 0. The van der Waals surface area contributed by atoms with Crippen molar-refractivity contribution in [2.45, 2.75) is 33.1 Å². The molecule has 6 heteroatoms. The summed E-state index contributed by atoms with van der Waals surface area (Å²) in [6, 6.07) is 2.01. The smallest absolute Gasteiger partial charge is 0.221 e. The molecule has 1 fully saturated rings. The van der Waals surface area contributed by atoms with Crippen LogP contribution >= 0.6 is 11.3 Å². The van der Waals surface area contributed by atoms with E-state index in [0.29, 0.717) is 12.5 Å². The first-order valence-electron chi connectivity index (χ1n) is 8.04. The number of hydrogen-bond acceptors (Lipinski definition) is 6. The van der Waals surface area contributed by atoms with E-state index < -0.39 is 0 Å². The van der Waals surface area contributed by atoms with Crippen molar-refractivity contribution in [2.24, 2.45) is 5.92 Å². The average molecular weight is 330 g/mol. The molecule has 0 amide bonds. The topological polar surface area (TPSA) is 72.1 Å². The lowest BCUT2D eigenvalue weighted by Gasteiger charge is -2.33. The van der Waals surface area contributed by atoms with Crippen LogP contribution in [-0.2, 0) is 6.42 Å². The number of rotatable bonds is 4. The number of hydrogen-bond donors (Lipinski definition) is 1. The van der Waals surface area contributed by atoms with Gasteiger partial charge in [-0.2, -0.15) is 4.98 Å². The zero-order valence-corrected chi connectivity index (χ0v) is 14.4. The number of carbonyl (C=O) groups is 1. The molecule has 23 heavy (non-hydrogen) atoms. The predicted octanol–water partition coefficient (Wildman–Crippen LogP) is 3.09. The average Bonchev–Trinajstić information content (AvgIpc) is 3.00. The summed E-state index contributed by atoms with van der Waals surface area (Å²) in [6.07, 6.45) is 4.59. The van der Waals surface area contributed by atoms with Crippen molar-refractivity contribution in [3.05, 3.63) is 33.6 Å². The van der Waals surface area contributed by atoms with E-state index in [1.54, 1.807) is 17.5 Å². The number of nitrogens with two attached hydrogens (primary N) is 1. The highest BCUT2D eigenvalue weighted by Crippen LogP contribution is 2.29. The molecule has 1 aliphatic heterocycles. The van der Waals surface area contributed by atoms with Crippen LogP contribution in [0.1, 0.15) is 40.6 Å². The van der Waals surface area contributed by atoms with E-state index >= 15 is 0 Å². The number of piperidine rings is 1. The van der Waals surface area contributed by atoms with E-state index in [4.69, 9.17) is 5.73 Å². The lowest BCUT2D eigenvalue weighted by atomic mass is 9.92. The Balaban J connectivity index is 1.83. The molecule has 3 rings (SSSR count). The maximum absolute atomic E-state index is 12.8. The first-order chi connectivity index (χ1) is 11.1. The third-order valence-electron chi connectivity index (χ3n) is 4.42. The van der Waals surface area contributed by atoms with Gasteiger partial charge in [-0.25, -0.2) is 4.98 Å². The number of carbonyl (C=O) groups excluding carboxylic acids is 1. The van der Waals surface area contributed by atoms with Gasteiger partial charge in [-0.05, 0) is 43.2 Å². The fourth-order valence-corrected chi connectivity index (χ4v) is 4.07. The Morgan fingerprint density at radius 3 is 3.04 bits per heavy atom. The molecule has 0 unspecified atom stereocenters. The van der Waals surface area contributed by atoms with Crippen LogP contribution in [0.4, 0.5) is 11.8 Å². The Kier molecular flexibility index (Phi) is 4.61. The van der Waals surface area contributed by atoms with Crippen molar-refractivity contribution in [2.75, 3.05) is 23.7 Å². The Labute approximate surface area is 140 Å². The summed E-state index contributed by atoms with van der Waals surface area (Å²) in [5.74, 6) is 1.48. The van der Waals surface area contributed by atoms with E-state index in [1.165, 1.54) is 0 Å². The lowest BCUT2D eigenvalue weighted by Crippen LogP contribution is -2.39. The molecule has 0 bridgehead atoms. The Morgan fingerprint density at radius 1 is 1.52 bits per heavy atom. The molecule has 122 valence electrons. The van der Waals surface area contributed by atoms with Gasteiger partial charge in [0.1, 0.15) is 5.82 Å². The minimum absolute atomic E-state index is 0.0296. The highest BCUT2D eigenvalue weighted by Gasteiger charge is 2.29. The first-order valence-corrected chi connectivity index (χ1v) is 8.92. The molecule has 2 N–H and O–H groups in total. The van der Waals surface area contributed by atoms with Gasteiger partial charge in [0.25, 0.3) is 0 Å². The number of nitrogens with zero attached hydrogens (tertiary/aromatic N) is 3. The second-order valence-corrected chi connectivity index (χ2v) is 6.93. The van der Waals surface area contributed by atoms with Crippen LogP contribution in [0.2, 0.25) is 0 Å². The number of thiophene rings is 1. The molecular weight excluding hydrogens is 308 g/mol. The van der Waals surface area contributed by atoms with E-state index in [0.717, 1.165) is 47.6 Å². The highest BCUT2D eigenvalue weighted by molar-refractivity contribution is 7.12. The molecule has 0 saturated carbocycles. The van der Waals surface area contributed by atoms with Gasteiger partial charge in [-0.1, -0.05) is 6.92 Å². The van der Waals surface area contributed by atoms with Crippen LogP contribution in [0.3, 0.4) is 0 Å². The van der Waals surface area contributed by atoms with Crippen molar-refractivity contribution in [3.63, 3.8) is 0 Å². The zero-order chi connectivity index (χ0) is 16.4. The molecule has 1 atom stereocenters. The van der Waals surface area contributed by atoms with Crippen molar-refractivity contribution in [1.82, 2.24) is 9.97 Å². The van der Waals surface area contributed by atoms with Crippen LogP contribution in [0.5, 0.6) is 0 Å². The van der Waals surface area contributed by atoms with E-state index in [-0.39, 0.29) is 11.7 Å². The van der Waals surface area contributed by atoms with Gasteiger partial charge >= 0.3 is 0 Å². The first kappa shape index (κ1) is 15.9. The van der Waals surface area contributed by atoms with Gasteiger partial charge in [-0.15, -0.1) is 11.3 Å². The van der Waals surface area contributed by atoms with Gasteiger partial charge in [0.05, 0.1) is 4.88 Å². The maximum atomic E-state index is 12.8. The fourth-order valence-electron chi connectivity index (χ4n) is 3.13. The summed E-state index contributed by atoms with van der Waals surface area (Å²) in [7, 11) is 0.